The Bertz CT molecular complexity index is 789. The first-order valence-electron chi connectivity index (χ1n) is 8.55. The van der Waals surface area contributed by atoms with E-state index in [4.69, 9.17) is 16.0 Å². The molecule has 0 aliphatic carbocycles. The Balaban J connectivity index is 1.78. The van der Waals surface area contributed by atoms with Crippen molar-refractivity contribution in [3.8, 4) is 0 Å². The van der Waals surface area contributed by atoms with Crippen LogP contribution in [-0.4, -0.2) is 43.9 Å². The van der Waals surface area contributed by atoms with Crippen LogP contribution in [0.1, 0.15) is 35.0 Å². The molecule has 2 heterocycles. The fraction of sp³-hybridized carbons (Fsp3) is 0.368. The zero-order valence-electron chi connectivity index (χ0n) is 14.9. The van der Waals surface area contributed by atoms with Crippen LogP contribution < -0.4 is 10.2 Å². The standard InChI is InChI=1S/C19H22ClN3O3/c1-22(2)16(17-5-4-10-26-17)12-21-19(25)14-8-7-13(20)11-15(14)23-9-3-6-18(23)24/h4-5,7-8,10-11,16H,3,6,9,12H2,1-2H3,(H,21,25). The van der Waals surface area contributed by atoms with E-state index in [-0.39, 0.29) is 17.9 Å². The number of hydrogen-bond donors (Lipinski definition) is 1. The fourth-order valence-electron chi connectivity index (χ4n) is 3.13. The third-order valence-corrected chi connectivity index (χ3v) is 4.75. The predicted molar refractivity (Wildman–Crippen MR) is 101 cm³/mol. The van der Waals surface area contributed by atoms with E-state index in [0.29, 0.717) is 35.8 Å². The van der Waals surface area contributed by atoms with Crippen molar-refractivity contribution in [3.05, 3.63) is 52.9 Å². The van der Waals surface area contributed by atoms with Gasteiger partial charge >= 0.3 is 0 Å². The number of hydrogen-bond acceptors (Lipinski definition) is 4. The molecule has 7 heteroatoms. The van der Waals surface area contributed by atoms with Crippen molar-refractivity contribution >= 4 is 29.1 Å². The van der Waals surface area contributed by atoms with Crippen LogP contribution in [0, 0.1) is 0 Å². The molecule has 1 aromatic carbocycles. The molecule has 6 nitrogen and oxygen atoms in total. The summed E-state index contributed by atoms with van der Waals surface area (Å²) in [6.45, 7) is 0.988. The molecule has 2 aromatic rings. The van der Waals surface area contributed by atoms with Crippen molar-refractivity contribution < 1.29 is 14.0 Å². The molecule has 0 radical (unpaired) electrons. The Kier molecular flexibility index (Phi) is 5.64. The van der Waals surface area contributed by atoms with Gasteiger partial charge in [0.2, 0.25) is 5.91 Å². The molecule has 2 amide bonds. The van der Waals surface area contributed by atoms with Crippen molar-refractivity contribution in [2.24, 2.45) is 0 Å². The van der Waals surface area contributed by atoms with Gasteiger partial charge in [-0.2, -0.15) is 0 Å². The van der Waals surface area contributed by atoms with E-state index in [0.717, 1.165) is 12.2 Å². The topological polar surface area (TPSA) is 65.8 Å². The summed E-state index contributed by atoms with van der Waals surface area (Å²) in [6.07, 6.45) is 2.90. The Morgan fingerprint density at radius 3 is 2.81 bits per heavy atom. The first-order valence-corrected chi connectivity index (χ1v) is 8.93. The molecular weight excluding hydrogens is 354 g/mol. The molecular formula is C19H22ClN3O3. The van der Waals surface area contributed by atoms with E-state index >= 15 is 0 Å². The number of likely N-dealkylation sites (N-methyl/N-ethyl adjacent to an activating group) is 1. The summed E-state index contributed by atoms with van der Waals surface area (Å²) in [5, 5.41) is 3.44. The van der Waals surface area contributed by atoms with Crippen LogP contribution in [0.15, 0.2) is 41.0 Å². The lowest BCUT2D eigenvalue weighted by Gasteiger charge is -2.24. The first-order chi connectivity index (χ1) is 12.5. The lowest BCUT2D eigenvalue weighted by atomic mass is 10.1. The maximum absolute atomic E-state index is 12.8. The Morgan fingerprint density at radius 1 is 1.38 bits per heavy atom. The molecule has 138 valence electrons. The zero-order chi connectivity index (χ0) is 18.7. The number of furan rings is 1. The minimum absolute atomic E-state index is 0.0167. The number of nitrogens with zero attached hydrogens (tertiary/aromatic N) is 2. The van der Waals surface area contributed by atoms with Gasteiger partial charge in [-0.05, 0) is 50.8 Å². The normalized spacial score (nSPS) is 15.5. The van der Waals surface area contributed by atoms with E-state index in [2.05, 4.69) is 5.32 Å². The third kappa shape index (κ3) is 3.92. The van der Waals surface area contributed by atoms with Gasteiger partial charge in [0.1, 0.15) is 5.76 Å². The van der Waals surface area contributed by atoms with Gasteiger partial charge in [-0.1, -0.05) is 11.6 Å². The molecule has 3 rings (SSSR count). The number of rotatable bonds is 6. The summed E-state index contributed by atoms with van der Waals surface area (Å²) in [6, 6.07) is 8.62. The summed E-state index contributed by atoms with van der Waals surface area (Å²) in [7, 11) is 3.85. The second-order valence-electron chi connectivity index (χ2n) is 6.52. The zero-order valence-corrected chi connectivity index (χ0v) is 15.6. The highest BCUT2D eigenvalue weighted by atomic mass is 35.5. The molecule has 0 spiro atoms. The third-order valence-electron chi connectivity index (χ3n) is 4.52. The number of benzene rings is 1. The second kappa shape index (κ2) is 7.93. The van der Waals surface area contributed by atoms with Gasteiger partial charge in [-0.3, -0.25) is 14.5 Å². The number of nitrogens with one attached hydrogen (secondary N) is 1. The van der Waals surface area contributed by atoms with E-state index in [1.807, 2.05) is 31.1 Å². The largest absolute Gasteiger partial charge is 0.468 e. The summed E-state index contributed by atoms with van der Waals surface area (Å²) < 4.78 is 5.47. The SMILES string of the molecule is CN(C)C(CNC(=O)c1ccc(Cl)cc1N1CCCC1=O)c1ccco1. The number of carbonyl (C=O) groups excluding carboxylic acids is 2. The van der Waals surface area contributed by atoms with E-state index < -0.39 is 0 Å². The Labute approximate surface area is 157 Å². The van der Waals surface area contributed by atoms with E-state index in [1.165, 1.54) is 0 Å². The van der Waals surface area contributed by atoms with Gasteiger partial charge in [0.25, 0.3) is 5.91 Å². The lowest BCUT2D eigenvalue weighted by molar-refractivity contribution is -0.117. The lowest BCUT2D eigenvalue weighted by Crippen LogP contribution is -2.35. The second-order valence-corrected chi connectivity index (χ2v) is 6.95. The smallest absolute Gasteiger partial charge is 0.253 e. The van der Waals surface area contributed by atoms with Gasteiger partial charge in [0, 0.05) is 24.5 Å². The number of halogens is 1. The molecule has 1 aromatic heterocycles. The molecule has 0 bridgehead atoms. The van der Waals surface area contributed by atoms with E-state index in [1.54, 1.807) is 29.4 Å². The number of anilines is 1. The van der Waals surface area contributed by atoms with Crippen molar-refractivity contribution in [1.29, 1.82) is 0 Å². The van der Waals surface area contributed by atoms with Crippen LogP contribution in [0.5, 0.6) is 0 Å². The number of amides is 2. The van der Waals surface area contributed by atoms with Gasteiger partial charge in [-0.15, -0.1) is 0 Å². The quantitative estimate of drug-likeness (QED) is 0.842. The van der Waals surface area contributed by atoms with Crippen LogP contribution in [0.4, 0.5) is 5.69 Å². The average Bonchev–Trinajstić information content (AvgIpc) is 3.26. The fourth-order valence-corrected chi connectivity index (χ4v) is 3.29. The Hall–Kier alpha value is -2.31. The van der Waals surface area contributed by atoms with Gasteiger partial charge in [-0.25, -0.2) is 0 Å². The molecule has 1 N–H and O–H groups in total. The summed E-state index contributed by atoms with van der Waals surface area (Å²) in [5.41, 5.74) is 1.01. The molecule has 26 heavy (non-hydrogen) atoms. The summed E-state index contributed by atoms with van der Waals surface area (Å²) in [4.78, 5) is 28.5. The van der Waals surface area contributed by atoms with Crippen LogP contribution in [0.25, 0.3) is 0 Å². The minimum atomic E-state index is -0.241. The highest BCUT2D eigenvalue weighted by Gasteiger charge is 2.27. The highest BCUT2D eigenvalue weighted by molar-refractivity contribution is 6.31. The predicted octanol–water partition coefficient (Wildman–Crippen LogP) is 3.09. The maximum atomic E-state index is 12.8. The molecule has 1 unspecified atom stereocenters. The maximum Gasteiger partial charge on any atom is 0.253 e. The average molecular weight is 376 g/mol. The van der Waals surface area contributed by atoms with E-state index in [9.17, 15) is 9.59 Å². The van der Waals surface area contributed by atoms with Crippen molar-refractivity contribution in [1.82, 2.24) is 10.2 Å². The summed E-state index contributed by atoms with van der Waals surface area (Å²) >= 11 is 6.10. The minimum Gasteiger partial charge on any atom is -0.468 e. The van der Waals surface area contributed by atoms with Crippen molar-refractivity contribution in [2.75, 3.05) is 32.1 Å². The molecule has 1 atom stereocenters. The van der Waals surface area contributed by atoms with Gasteiger partial charge in [0.05, 0.1) is 23.6 Å². The van der Waals surface area contributed by atoms with Crippen LogP contribution >= 0.6 is 11.6 Å². The number of carbonyl (C=O) groups is 2. The molecule has 1 saturated heterocycles. The Morgan fingerprint density at radius 2 is 2.19 bits per heavy atom. The van der Waals surface area contributed by atoms with Gasteiger partial charge < -0.3 is 14.6 Å². The van der Waals surface area contributed by atoms with Crippen molar-refractivity contribution in [2.45, 2.75) is 18.9 Å². The van der Waals surface area contributed by atoms with Gasteiger partial charge in [0.15, 0.2) is 0 Å². The highest BCUT2D eigenvalue weighted by Crippen LogP contribution is 2.29. The molecule has 0 saturated carbocycles. The molecule has 1 aliphatic heterocycles. The van der Waals surface area contributed by atoms with Crippen LogP contribution in [-0.2, 0) is 4.79 Å². The van der Waals surface area contributed by atoms with Crippen LogP contribution in [0.2, 0.25) is 5.02 Å². The van der Waals surface area contributed by atoms with Crippen LogP contribution in [0.3, 0.4) is 0 Å². The summed E-state index contributed by atoms with van der Waals surface area (Å²) in [5.74, 6) is 0.555. The monoisotopic (exact) mass is 375 g/mol. The molecule has 1 aliphatic rings. The molecule has 1 fully saturated rings. The van der Waals surface area contributed by atoms with Crippen molar-refractivity contribution in [3.63, 3.8) is 0 Å². The first kappa shape index (κ1) is 18.5.